The first-order valence-electron chi connectivity index (χ1n) is 6.63. The summed E-state index contributed by atoms with van der Waals surface area (Å²) < 4.78 is 37.6. The number of alkyl halides is 3. The van der Waals surface area contributed by atoms with Crippen molar-refractivity contribution >= 4 is 0 Å². The van der Waals surface area contributed by atoms with Crippen LogP contribution in [0.25, 0.3) is 0 Å². The van der Waals surface area contributed by atoms with Crippen molar-refractivity contribution in [2.24, 2.45) is 0 Å². The van der Waals surface area contributed by atoms with Gasteiger partial charge in [0.05, 0.1) is 17.7 Å². The highest BCUT2D eigenvalue weighted by Gasteiger charge is 2.32. The standard InChI is InChI=1S/C16H14F3NO/c17-16(18,19)12-7-5-10(6-8-12)15(21)14-13-4-2-1-3-11(13)9-20-14/h1-8,14-15,20-21H,9H2. The van der Waals surface area contributed by atoms with Crippen LogP contribution in [0.3, 0.4) is 0 Å². The van der Waals surface area contributed by atoms with E-state index in [1.54, 1.807) is 0 Å². The molecule has 1 aliphatic rings. The van der Waals surface area contributed by atoms with Gasteiger partial charge >= 0.3 is 6.18 Å². The summed E-state index contributed by atoms with van der Waals surface area (Å²) >= 11 is 0. The lowest BCUT2D eigenvalue weighted by atomic mass is 9.95. The van der Waals surface area contributed by atoms with E-state index in [1.807, 2.05) is 24.3 Å². The Hall–Kier alpha value is -1.85. The summed E-state index contributed by atoms with van der Waals surface area (Å²) in [6.45, 7) is 0.651. The van der Waals surface area contributed by atoms with E-state index >= 15 is 0 Å². The molecule has 0 fully saturated rings. The molecule has 110 valence electrons. The van der Waals surface area contributed by atoms with E-state index < -0.39 is 17.8 Å². The van der Waals surface area contributed by atoms with E-state index in [1.165, 1.54) is 12.1 Å². The average molecular weight is 293 g/mol. The quantitative estimate of drug-likeness (QED) is 0.887. The molecule has 1 heterocycles. The Morgan fingerprint density at radius 2 is 1.71 bits per heavy atom. The molecule has 0 saturated heterocycles. The zero-order valence-corrected chi connectivity index (χ0v) is 11.1. The molecule has 3 rings (SSSR count). The third-order valence-electron chi connectivity index (χ3n) is 3.80. The molecule has 0 saturated carbocycles. The predicted molar refractivity (Wildman–Crippen MR) is 72.4 cm³/mol. The molecule has 5 heteroatoms. The van der Waals surface area contributed by atoms with Crippen LogP contribution < -0.4 is 5.32 Å². The molecular formula is C16H14F3NO. The van der Waals surface area contributed by atoms with Crippen LogP contribution in [0.2, 0.25) is 0 Å². The average Bonchev–Trinajstić information content (AvgIpc) is 2.90. The van der Waals surface area contributed by atoms with Gasteiger partial charge in [-0.3, -0.25) is 0 Å². The molecule has 2 aromatic rings. The highest BCUT2D eigenvalue weighted by Crippen LogP contribution is 2.36. The number of hydrogen-bond acceptors (Lipinski definition) is 2. The Labute approximate surface area is 120 Å². The monoisotopic (exact) mass is 293 g/mol. The number of hydrogen-bond donors (Lipinski definition) is 2. The van der Waals surface area contributed by atoms with Crippen LogP contribution in [0.15, 0.2) is 48.5 Å². The van der Waals surface area contributed by atoms with Crippen LogP contribution in [0.4, 0.5) is 13.2 Å². The molecule has 2 N–H and O–H groups in total. The fourth-order valence-electron chi connectivity index (χ4n) is 2.67. The first-order chi connectivity index (χ1) is 9.97. The van der Waals surface area contributed by atoms with Gasteiger partial charge < -0.3 is 10.4 Å². The fraction of sp³-hybridized carbons (Fsp3) is 0.250. The van der Waals surface area contributed by atoms with E-state index in [4.69, 9.17) is 0 Å². The summed E-state index contributed by atoms with van der Waals surface area (Å²) in [4.78, 5) is 0. The molecule has 21 heavy (non-hydrogen) atoms. The van der Waals surface area contributed by atoms with Crippen molar-refractivity contribution in [2.45, 2.75) is 24.9 Å². The minimum atomic E-state index is -4.36. The van der Waals surface area contributed by atoms with Crippen LogP contribution >= 0.6 is 0 Å². The molecule has 2 unspecified atom stereocenters. The number of nitrogens with one attached hydrogen (secondary N) is 1. The Kier molecular flexibility index (Phi) is 3.47. The van der Waals surface area contributed by atoms with Crippen molar-refractivity contribution < 1.29 is 18.3 Å². The predicted octanol–water partition coefficient (Wildman–Crippen LogP) is 3.58. The zero-order valence-electron chi connectivity index (χ0n) is 11.1. The number of aliphatic hydroxyl groups excluding tert-OH is 1. The summed E-state index contributed by atoms with van der Waals surface area (Å²) in [5.74, 6) is 0. The SMILES string of the molecule is OC(c1ccc(C(F)(F)F)cc1)C1NCc2ccccc21. The van der Waals surface area contributed by atoms with Crippen LogP contribution in [0.1, 0.15) is 34.4 Å². The maximum Gasteiger partial charge on any atom is 0.416 e. The lowest BCUT2D eigenvalue weighted by molar-refractivity contribution is -0.137. The second-order valence-corrected chi connectivity index (χ2v) is 5.12. The number of fused-ring (bicyclic) bond motifs is 1. The van der Waals surface area contributed by atoms with Gasteiger partial charge in [0, 0.05) is 6.54 Å². The van der Waals surface area contributed by atoms with Gasteiger partial charge in [-0.2, -0.15) is 13.2 Å². The van der Waals surface area contributed by atoms with Crippen molar-refractivity contribution in [1.82, 2.24) is 5.32 Å². The second-order valence-electron chi connectivity index (χ2n) is 5.12. The summed E-state index contributed by atoms with van der Waals surface area (Å²) in [6, 6.07) is 12.1. The Balaban J connectivity index is 1.85. The van der Waals surface area contributed by atoms with Gasteiger partial charge in [-0.05, 0) is 28.8 Å². The molecule has 0 bridgehead atoms. The minimum Gasteiger partial charge on any atom is -0.386 e. The molecule has 0 amide bonds. The zero-order chi connectivity index (χ0) is 15.0. The molecule has 2 aromatic carbocycles. The summed E-state index contributed by atoms with van der Waals surface area (Å²) in [7, 11) is 0. The maximum atomic E-state index is 12.5. The first kappa shape index (κ1) is 14.1. The fourth-order valence-corrected chi connectivity index (χ4v) is 2.67. The van der Waals surface area contributed by atoms with Crippen molar-refractivity contribution in [2.75, 3.05) is 0 Å². The number of benzene rings is 2. The lowest BCUT2D eigenvalue weighted by Crippen LogP contribution is -2.20. The van der Waals surface area contributed by atoms with Gasteiger partial charge in [-0.25, -0.2) is 0 Å². The lowest BCUT2D eigenvalue weighted by Gasteiger charge is -2.20. The van der Waals surface area contributed by atoms with Gasteiger partial charge in [0.25, 0.3) is 0 Å². The molecule has 0 radical (unpaired) electrons. The molecule has 0 spiro atoms. The first-order valence-corrected chi connectivity index (χ1v) is 6.63. The van der Waals surface area contributed by atoms with E-state index in [0.717, 1.165) is 23.3 Å². The van der Waals surface area contributed by atoms with Crippen LogP contribution in [0, 0.1) is 0 Å². The highest BCUT2D eigenvalue weighted by atomic mass is 19.4. The number of rotatable bonds is 2. The summed E-state index contributed by atoms with van der Waals surface area (Å²) in [5.41, 5.74) is 1.86. The van der Waals surface area contributed by atoms with Crippen molar-refractivity contribution in [3.63, 3.8) is 0 Å². The van der Waals surface area contributed by atoms with Crippen molar-refractivity contribution in [3.8, 4) is 0 Å². The van der Waals surface area contributed by atoms with Crippen LogP contribution in [0.5, 0.6) is 0 Å². The van der Waals surface area contributed by atoms with Crippen LogP contribution in [-0.2, 0) is 12.7 Å². The smallest absolute Gasteiger partial charge is 0.386 e. The molecule has 0 aromatic heterocycles. The van der Waals surface area contributed by atoms with Gasteiger partial charge in [0.15, 0.2) is 0 Å². The molecule has 2 atom stereocenters. The van der Waals surface area contributed by atoms with Gasteiger partial charge in [0.1, 0.15) is 0 Å². The van der Waals surface area contributed by atoms with Gasteiger partial charge in [0.2, 0.25) is 0 Å². The highest BCUT2D eigenvalue weighted by molar-refractivity contribution is 5.37. The van der Waals surface area contributed by atoms with E-state index in [9.17, 15) is 18.3 Å². The second kappa shape index (κ2) is 5.16. The van der Waals surface area contributed by atoms with Crippen LogP contribution in [-0.4, -0.2) is 5.11 Å². The topological polar surface area (TPSA) is 32.3 Å². The molecular weight excluding hydrogens is 279 g/mol. The summed E-state index contributed by atoms with van der Waals surface area (Å²) in [5, 5.41) is 13.6. The third-order valence-corrected chi connectivity index (χ3v) is 3.80. The van der Waals surface area contributed by atoms with Gasteiger partial charge in [-0.15, -0.1) is 0 Å². The molecule has 2 nitrogen and oxygen atoms in total. The maximum absolute atomic E-state index is 12.5. The minimum absolute atomic E-state index is 0.294. The van der Waals surface area contributed by atoms with Gasteiger partial charge in [-0.1, -0.05) is 36.4 Å². The van der Waals surface area contributed by atoms with Crippen molar-refractivity contribution in [1.29, 1.82) is 0 Å². The largest absolute Gasteiger partial charge is 0.416 e. The molecule has 0 aliphatic carbocycles. The third kappa shape index (κ3) is 2.66. The number of halogens is 3. The Morgan fingerprint density at radius 3 is 2.38 bits per heavy atom. The normalized spacial score (nSPS) is 19.3. The Bertz CT molecular complexity index is 637. The number of aliphatic hydroxyl groups is 1. The molecule has 1 aliphatic heterocycles. The van der Waals surface area contributed by atoms with E-state index in [2.05, 4.69) is 5.32 Å². The van der Waals surface area contributed by atoms with E-state index in [-0.39, 0.29) is 6.04 Å². The van der Waals surface area contributed by atoms with Crippen molar-refractivity contribution in [3.05, 3.63) is 70.8 Å². The Morgan fingerprint density at radius 1 is 1.05 bits per heavy atom. The summed E-state index contributed by atoms with van der Waals surface area (Å²) in [6.07, 6.45) is -5.24. The van der Waals surface area contributed by atoms with E-state index in [0.29, 0.717) is 12.1 Å².